The number of piperidine rings is 1. The van der Waals surface area contributed by atoms with Gasteiger partial charge in [-0.15, -0.1) is 0 Å². The van der Waals surface area contributed by atoms with Crippen molar-refractivity contribution in [1.82, 2.24) is 4.90 Å². The molecule has 1 aliphatic heterocycles. The molecule has 1 aliphatic rings. The fraction of sp³-hybridized carbons (Fsp3) is 0.462. The first kappa shape index (κ1) is 11.9. The number of para-hydroxylation sites is 1. The van der Waals surface area contributed by atoms with Crippen molar-refractivity contribution in [1.29, 1.82) is 5.41 Å². The van der Waals surface area contributed by atoms with Gasteiger partial charge in [0.05, 0.1) is 5.56 Å². The van der Waals surface area contributed by atoms with Gasteiger partial charge in [0.25, 0.3) is 0 Å². The molecule has 1 aromatic carbocycles. The summed E-state index contributed by atoms with van der Waals surface area (Å²) in [5, 5.41) is 7.52. The highest BCUT2D eigenvalue weighted by molar-refractivity contribution is 5.97. The maximum atomic E-state index is 7.52. The summed E-state index contributed by atoms with van der Waals surface area (Å²) in [5.74, 6) is 0.795. The lowest BCUT2D eigenvalue weighted by molar-refractivity contribution is 0.114. The Bertz CT molecular complexity index is 397. The molecular weight excluding hydrogens is 214 g/mol. The van der Waals surface area contributed by atoms with Crippen molar-refractivity contribution in [3.8, 4) is 5.75 Å². The fourth-order valence-corrected chi connectivity index (χ4v) is 2.07. The van der Waals surface area contributed by atoms with Gasteiger partial charge in [0.15, 0.2) is 0 Å². The Morgan fingerprint density at radius 1 is 1.35 bits per heavy atom. The van der Waals surface area contributed by atoms with Crippen LogP contribution in [0.5, 0.6) is 5.75 Å². The van der Waals surface area contributed by atoms with Crippen molar-refractivity contribution in [3.05, 3.63) is 29.8 Å². The number of nitrogens with two attached hydrogens (primary N) is 1. The highest BCUT2D eigenvalue weighted by Crippen LogP contribution is 2.22. The summed E-state index contributed by atoms with van der Waals surface area (Å²) in [6.45, 7) is 2.12. The van der Waals surface area contributed by atoms with Crippen molar-refractivity contribution < 1.29 is 4.74 Å². The summed E-state index contributed by atoms with van der Waals surface area (Å²) in [6.07, 6.45) is 2.30. The summed E-state index contributed by atoms with van der Waals surface area (Å²) in [6, 6.07) is 7.50. The molecule has 0 amide bonds. The molecule has 0 aromatic heterocycles. The monoisotopic (exact) mass is 233 g/mol. The summed E-state index contributed by atoms with van der Waals surface area (Å²) < 4.78 is 5.95. The van der Waals surface area contributed by atoms with Gasteiger partial charge < -0.3 is 15.4 Å². The zero-order valence-corrected chi connectivity index (χ0v) is 10.1. The van der Waals surface area contributed by atoms with E-state index in [1.165, 1.54) is 0 Å². The van der Waals surface area contributed by atoms with Crippen LogP contribution in [0.2, 0.25) is 0 Å². The number of hydrogen-bond donors (Lipinski definition) is 2. The molecule has 1 fully saturated rings. The van der Waals surface area contributed by atoms with Gasteiger partial charge in [-0.25, -0.2) is 0 Å². The molecule has 3 N–H and O–H groups in total. The average Bonchev–Trinajstić information content (AvgIpc) is 2.32. The highest BCUT2D eigenvalue weighted by atomic mass is 16.5. The number of rotatable bonds is 3. The standard InChI is InChI=1S/C13H19N3O/c1-16-8-6-10(7-9-16)17-12-5-3-2-4-11(12)13(14)15/h2-5,10H,6-9H2,1H3,(H3,14,15). The number of nitrogen functional groups attached to an aromatic ring is 1. The molecule has 0 spiro atoms. The molecule has 1 heterocycles. The van der Waals surface area contributed by atoms with Crippen LogP contribution in [0, 0.1) is 5.41 Å². The van der Waals surface area contributed by atoms with Crippen LogP contribution in [-0.4, -0.2) is 37.0 Å². The number of amidine groups is 1. The molecule has 1 aromatic rings. The molecule has 0 radical (unpaired) electrons. The third kappa shape index (κ3) is 2.97. The second-order valence-electron chi connectivity index (χ2n) is 4.53. The van der Waals surface area contributed by atoms with Crippen molar-refractivity contribution in [2.75, 3.05) is 20.1 Å². The first-order valence-corrected chi connectivity index (χ1v) is 5.95. The van der Waals surface area contributed by atoms with E-state index in [9.17, 15) is 0 Å². The largest absolute Gasteiger partial charge is 0.490 e. The van der Waals surface area contributed by atoms with E-state index >= 15 is 0 Å². The van der Waals surface area contributed by atoms with Crippen molar-refractivity contribution in [2.45, 2.75) is 18.9 Å². The van der Waals surface area contributed by atoms with Gasteiger partial charge in [-0.2, -0.15) is 0 Å². The van der Waals surface area contributed by atoms with Gasteiger partial charge >= 0.3 is 0 Å². The lowest BCUT2D eigenvalue weighted by Gasteiger charge is -2.29. The minimum atomic E-state index is 0.0635. The molecule has 4 nitrogen and oxygen atoms in total. The van der Waals surface area contributed by atoms with Gasteiger partial charge in [0.1, 0.15) is 17.7 Å². The average molecular weight is 233 g/mol. The quantitative estimate of drug-likeness (QED) is 0.613. The van der Waals surface area contributed by atoms with Crippen LogP contribution in [0.3, 0.4) is 0 Å². The molecule has 0 aliphatic carbocycles. The lowest BCUT2D eigenvalue weighted by atomic mass is 10.1. The van der Waals surface area contributed by atoms with Crippen LogP contribution < -0.4 is 10.5 Å². The topological polar surface area (TPSA) is 62.3 Å². The summed E-state index contributed by atoms with van der Waals surface area (Å²) in [4.78, 5) is 2.30. The van der Waals surface area contributed by atoms with Crippen LogP contribution in [0.25, 0.3) is 0 Å². The summed E-state index contributed by atoms with van der Waals surface area (Å²) in [7, 11) is 2.12. The van der Waals surface area contributed by atoms with Gasteiger partial charge in [0.2, 0.25) is 0 Å². The second-order valence-corrected chi connectivity index (χ2v) is 4.53. The van der Waals surface area contributed by atoms with E-state index in [-0.39, 0.29) is 11.9 Å². The predicted molar refractivity (Wildman–Crippen MR) is 68.6 cm³/mol. The Morgan fingerprint density at radius 2 is 2.00 bits per heavy atom. The van der Waals surface area contributed by atoms with Gasteiger partial charge in [-0.05, 0) is 32.0 Å². The van der Waals surface area contributed by atoms with E-state index in [2.05, 4.69) is 11.9 Å². The second kappa shape index (κ2) is 5.19. The van der Waals surface area contributed by atoms with E-state index < -0.39 is 0 Å². The van der Waals surface area contributed by atoms with E-state index in [1.807, 2.05) is 24.3 Å². The third-order valence-corrected chi connectivity index (χ3v) is 3.14. The number of nitrogens with zero attached hydrogens (tertiary/aromatic N) is 1. The Labute approximate surface area is 102 Å². The van der Waals surface area contributed by atoms with Crippen LogP contribution >= 0.6 is 0 Å². The number of nitrogens with one attached hydrogen (secondary N) is 1. The molecule has 0 saturated carbocycles. The minimum Gasteiger partial charge on any atom is -0.490 e. The Hall–Kier alpha value is -1.55. The van der Waals surface area contributed by atoms with Crippen molar-refractivity contribution in [3.63, 3.8) is 0 Å². The van der Waals surface area contributed by atoms with Crippen molar-refractivity contribution >= 4 is 5.84 Å². The Balaban J connectivity index is 2.05. The normalized spacial score (nSPS) is 17.9. The SMILES string of the molecule is CN1CCC(Oc2ccccc2C(=N)N)CC1. The Morgan fingerprint density at radius 3 is 2.65 bits per heavy atom. The zero-order valence-electron chi connectivity index (χ0n) is 10.1. The Kier molecular flexibility index (Phi) is 3.64. The van der Waals surface area contributed by atoms with Crippen LogP contribution in [0.4, 0.5) is 0 Å². The van der Waals surface area contributed by atoms with E-state index in [0.29, 0.717) is 5.56 Å². The molecule has 0 unspecified atom stereocenters. The fourth-order valence-electron chi connectivity index (χ4n) is 2.07. The lowest BCUT2D eigenvalue weighted by Crippen LogP contribution is -2.36. The number of ether oxygens (including phenoxy) is 1. The van der Waals surface area contributed by atoms with Crippen molar-refractivity contribution in [2.24, 2.45) is 5.73 Å². The van der Waals surface area contributed by atoms with Crippen LogP contribution in [0.15, 0.2) is 24.3 Å². The molecule has 2 rings (SSSR count). The summed E-state index contributed by atoms with van der Waals surface area (Å²) in [5.41, 5.74) is 6.22. The predicted octanol–water partition coefficient (Wildman–Crippen LogP) is 1.44. The number of benzene rings is 1. The molecule has 0 atom stereocenters. The first-order chi connectivity index (χ1) is 8.16. The number of hydrogen-bond acceptors (Lipinski definition) is 3. The molecule has 1 saturated heterocycles. The molecule has 4 heteroatoms. The van der Waals surface area contributed by atoms with Crippen LogP contribution in [-0.2, 0) is 0 Å². The number of likely N-dealkylation sites (tertiary alicyclic amines) is 1. The minimum absolute atomic E-state index is 0.0635. The van der Waals surface area contributed by atoms with Gasteiger partial charge in [0, 0.05) is 13.1 Å². The van der Waals surface area contributed by atoms with Gasteiger partial charge in [-0.3, -0.25) is 5.41 Å². The molecule has 92 valence electrons. The maximum absolute atomic E-state index is 7.52. The first-order valence-electron chi connectivity index (χ1n) is 5.95. The van der Waals surface area contributed by atoms with E-state index in [1.54, 1.807) is 0 Å². The molecular formula is C13H19N3O. The summed E-state index contributed by atoms with van der Waals surface area (Å²) >= 11 is 0. The van der Waals surface area contributed by atoms with E-state index in [0.717, 1.165) is 31.7 Å². The van der Waals surface area contributed by atoms with E-state index in [4.69, 9.17) is 15.9 Å². The third-order valence-electron chi connectivity index (χ3n) is 3.14. The van der Waals surface area contributed by atoms with Gasteiger partial charge in [-0.1, -0.05) is 12.1 Å². The maximum Gasteiger partial charge on any atom is 0.130 e. The molecule has 0 bridgehead atoms. The molecule has 17 heavy (non-hydrogen) atoms. The zero-order chi connectivity index (χ0) is 12.3. The van der Waals surface area contributed by atoms with Crippen LogP contribution in [0.1, 0.15) is 18.4 Å². The smallest absolute Gasteiger partial charge is 0.130 e. The highest BCUT2D eigenvalue weighted by Gasteiger charge is 2.19.